The number of amides is 1. The lowest BCUT2D eigenvalue weighted by Gasteiger charge is -2.33. The molecule has 1 aromatic heterocycles. The third-order valence-electron chi connectivity index (χ3n) is 5.14. The van der Waals surface area contributed by atoms with E-state index in [2.05, 4.69) is 21.8 Å². The quantitative estimate of drug-likeness (QED) is 0.887. The summed E-state index contributed by atoms with van der Waals surface area (Å²) < 4.78 is 7.70. The second-order valence-electron chi connectivity index (χ2n) is 6.66. The van der Waals surface area contributed by atoms with Crippen LogP contribution in [0.1, 0.15) is 37.1 Å². The maximum Gasteiger partial charge on any atom is 0.251 e. The van der Waals surface area contributed by atoms with Crippen molar-refractivity contribution < 1.29 is 9.53 Å². The summed E-state index contributed by atoms with van der Waals surface area (Å²) >= 11 is 0. The van der Waals surface area contributed by atoms with Crippen molar-refractivity contribution in [2.45, 2.75) is 58.2 Å². The summed E-state index contributed by atoms with van der Waals surface area (Å²) in [6, 6.07) is 0.508. The van der Waals surface area contributed by atoms with Crippen molar-refractivity contribution in [3.63, 3.8) is 0 Å². The molecular weight excluding hydrogens is 292 g/mol. The number of ether oxygens (including phenoxy) is 1. The molecule has 2 aliphatic heterocycles. The molecule has 0 spiro atoms. The Morgan fingerprint density at radius 1 is 1.35 bits per heavy atom. The Hall–Kier alpha value is -1.40. The normalized spacial score (nSPS) is 22.7. The maximum absolute atomic E-state index is 12.3. The number of piperidine rings is 1. The maximum atomic E-state index is 12.3. The van der Waals surface area contributed by atoms with Gasteiger partial charge in [0.1, 0.15) is 6.10 Å². The fourth-order valence-electron chi connectivity index (χ4n) is 3.44. The molecule has 1 amide bonds. The highest BCUT2D eigenvalue weighted by atomic mass is 16.5. The smallest absolute Gasteiger partial charge is 0.251 e. The van der Waals surface area contributed by atoms with E-state index in [0.717, 1.165) is 64.2 Å². The van der Waals surface area contributed by atoms with Crippen molar-refractivity contribution in [3.8, 4) is 0 Å². The third kappa shape index (κ3) is 3.93. The second kappa shape index (κ2) is 7.45. The molecule has 1 N–H and O–H groups in total. The Morgan fingerprint density at radius 3 is 2.74 bits per heavy atom. The largest absolute Gasteiger partial charge is 0.368 e. The molecule has 23 heavy (non-hydrogen) atoms. The molecule has 0 unspecified atom stereocenters. The van der Waals surface area contributed by atoms with Crippen molar-refractivity contribution in [2.24, 2.45) is 0 Å². The van der Waals surface area contributed by atoms with E-state index in [1.165, 1.54) is 5.69 Å². The van der Waals surface area contributed by atoms with Crippen LogP contribution in [-0.2, 0) is 16.1 Å². The molecule has 0 radical (unpaired) electrons. The van der Waals surface area contributed by atoms with Gasteiger partial charge in [-0.2, -0.15) is 0 Å². The van der Waals surface area contributed by atoms with Crippen molar-refractivity contribution in [3.05, 3.63) is 17.7 Å². The SMILES string of the molecule is Cc1ncn(CCNC2CCN(C(=O)[C@@H]3CCCO3)CC2)c1C. The van der Waals surface area contributed by atoms with Gasteiger partial charge in [0.05, 0.1) is 12.0 Å². The van der Waals surface area contributed by atoms with Gasteiger partial charge in [-0.15, -0.1) is 0 Å². The number of carbonyl (C=O) groups excluding carboxylic acids is 1. The molecule has 2 fully saturated rings. The second-order valence-corrected chi connectivity index (χ2v) is 6.66. The third-order valence-corrected chi connectivity index (χ3v) is 5.14. The molecular formula is C17H28N4O2. The van der Waals surface area contributed by atoms with Gasteiger partial charge in [0, 0.05) is 44.5 Å². The standard InChI is InChI=1S/C17H28N4O2/c1-13-14(2)21(12-19-13)10-7-18-15-5-8-20(9-6-15)17(22)16-4-3-11-23-16/h12,15-16,18H,3-11H2,1-2H3/t16-/m0/s1. The van der Waals surface area contributed by atoms with Gasteiger partial charge < -0.3 is 19.5 Å². The van der Waals surface area contributed by atoms with Gasteiger partial charge in [-0.1, -0.05) is 0 Å². The number of nitrogens with one attached hydrogen (secondary N) is 1. The Bertz CT molecular complexity index is 529. The number of hydrogen-bond donors (Lipinski definition) is 1. The number of likely N-dealkylation sites (tertiary alicyclic amines) is 1. The lowest BCUT2D eigenvalue weighted by Crippen LogP contribution is -2.48. The molecule has 2 saturated heterocycles. The van der Waals surface area contributed by atoms with Crippen LogP contribution in [0.25, 0.3) is 0 Å². The number of carbonyl (C=O) groups is 1. The van der Waals surface area contributed by atoms with E-state index >= 15 is 0 Å². The van der Waals surface area contributed by atoms with Crippen molar-refractivity contribution in [2.75, 3.05) is 26.2 Å². The molecule has 128 valence electrons. The summed E-state index contributed by atoms with van der Waals surface area (Å²) in [5.74, 6) is 0.200. The lowest BCUT2D eigenvalue weighted by molar-refractivity contribution is -0.142. The van der Waals surface area contributed by atoms with Crippen molar-refractivity contribution in [1.82, 2.24) is 19.8 Å². The molecule has 2 aliphatic rings. The van der Waals surface area contributed by atoms with E-state index in [1.54, 1.807) is 0 Å². The number of aromatic nitrogens is 2. The molecule has 3 heterocycles. The van der Waals surface area contributed by atoms with Crippen molar-refractivity contribution >= 4 is 5.91 Å². The highest BCUT2D eigenvalue weighted by Gasteiger charge is 2.30. The summed E-state index contributed by atoms with van der Waals surface area (Å²) in [6.07, 6.45) is 5.70. The minimum atomic E-state index is -0.174. The molecule has 6 heteroatoms. The number of imidazole rings is 1. The molecule has 0 aliphatic carbocycles. The number of rotatable bonds is 5. The van der Waals surface area contributed by atoms with Gasteiger partial charge >= 0.3 is 0 Å². The van der Waals surface area contributed by atoms with Gasteiger partial charge in [-0.25, -0.2) is 4.98 Å². The Morgan fingerprint density at radius 2 is 2.13 bits per heavy atom. The van der Waals surface area contributed by atoms with Crippen LogP contribution in [0.15, 0.2) is 6.33 Å². The monoisotopic (exact) mass is 320 g/mol. The molecule has 1 aromatic rings. The fourth-order valence-corrected chi connectivity index (χ4v) is 3.44. The average Bonchev–Trinajstić information content (AvgIpc) is 3.20. The van der Waals surface area contributed by atoms with Crippen LogP contribution in [0.5, 0.6) is 0 Å². The van der Waals surface area contributed by atoms with Crippen LogP contribution < -0.4 is 5.32 Å². The molecule has 0 aromatic carbocycles. The summed E-state index contributed by atoms with van der Waals surface area (Å²) in [5.41, 5.74) is 2.34. The lowest BCUT2D eigenvalue weighted by atomic mass is 10.0. The van der Waals surface area contributed by atoms with E-state index in [9.17, 15) is 4.79 Å². The van der Waals surface area contributed by atoms with Crippen LogP contribution in [0.4, 0.5) is 0 Å². The van der Waals surface area contributed by atoms with E-state index in [1.807, 2.05) is 18.2 Å². The topological polar surface area (TPSA) is 59.4 Å². The first-order valence-electron chi connectivity index (χ1n) is 8.77. The minimum Gasteiger partial charge on any atom is -0.368 e. The zero-order chi connectivity index (χ0) is 16.2. The van der Waals surface area contributed by atoms with Gasteiger partial charge in [0.2, 0.25) is 0 Å². The van der Waals surface area contributed by atoms with Crippen LogP contribution in [0.3, 0.4) is 0 Å². The predicted octanol–water partition coefficient (Wildman–Crippen LogP) is 1.26. The number of aryl methyl sites for hydroxylation is 1. The Balaban J connectivity index is 1.37. The molecule has 3 rings (SSSR count). The van der Waals surface area contributed by atoms with Crippen molar-refractivity contribution in [1.29, 1.82) is 0 Å². The fraction of sp³-hybridized carbons (Fsp3) is 0.765. The van der Waals surface area contributed by atoms with Gasteiger partial charge in [0.25, 0.3) is 5.91 Å². The van der Waals surface area contributed by atoms with Gasteiger partial charge in [-0.05, 0) is 39.5 Å². The first kappa shape index (κ1) is 16.5. The predicted molar refractivity (Wildman–Crippen MR) is 88.3 cm³/mol. The highest BCUT2D eigenvalue weighted by Crippen LogP contribution is 2.18. The van der Waals surface area contributed by atoms with Crippen LogP contribution in [-0.4, -0.2) is 58.7 Å². The molecule has 0 saturated carbocycles. The highest BCUT2D eigenvalue weighted by molar-refractivity contribution is 5.81. The zero-order valence-corrected chi connectivity index (χ0v) is 14.3. The van der Waals surface area contributed by atoms with E-state index in [0.29, 0.717) is 6.04 Å². The van der Waals surface area contributed by atoms with Crippen LogP contribution >= 0.6 is 0 Å². The summed E-state index contributed by atoms with van der Waals surface area (Å²) in [6.45, 7) is 8.47. The van der Waals surface area contributed by atoms with Crippen LogP contribution in [0.2, 0.25) is 0 Å². The summed E-state index contributed by atoms with van der Waals surface area (Å²) in [4.78, 5) is 18.6. The van der Waals surface area contributed by atoms with E-state index < -0.39 is 0 Å². The van der Waals surface area contributed by atoms with E-state index in [4.69, 9.17) is 4.74 Å². The first-order valence-corrected chi connectivity index (χ1v) is 8.77. The molecule has 6 nitrogen and oxygen atoms in total. The number of nitrogens with zero attached hydrogens (tertiary/aromatic N) is 3. The minimum absolute atomic E-state index is 0.174. The van der Waals surface area contributed by atoms with E-state index in [-0.39, 0.29) is 12.0 Å². The van der Waals surface area contributed by atoms with Gasteiger partial charge in [-0.3, -0.25) is 4.79 Å². The number of hydrogen-bond acceptors (Lipinski definition) is 4. The molecule has 1 atom stereocenters. The average molecular weight is 320 g/mol. The zero-order valence-electron chi connectivity index (χ0n) is 14.3. The van der Waals surface area contributed by atoms with Crippen LogP contribution in [0, 0.1) is 13.8 Å². The first-order chi connectivity index (χ1) is 11.1. The van der Waals surface area contributed by atoms with Gasteiger partial charge in [0.15, 0.2) is 0 Å². The Kier molecular flexibility index (Phi) is 5.33. The molecule has 0 bridgehead atoms. The summed E-state index contributed by atoms with van der Waals surface area (Å²) in [5, 5.41) is 3.62. The Labute approximate surface area is 138 Å². The summed E-state index contributed by atoms with van der Waals surface area (Å²) in [7, 11) is 0.